The number of rotatable bonds is 1. The molecule has 0 amide bonds. The van der Waals surface area contributed by atoms with Crippen LogP contribution in [0.2, 0.25) is 0 Å². The summed E-state index contributed by atoms with van der Waals surface area (Å²) in [5.41, 5.74) is 0. The lowest BCUT2D eigenvalue weighted by Crippen LogP contribution is -2.18. The number of aliphatic hydroxyl groups excluding tert-OH is 1. The zero-order chi connectivity index (χ0) is 6.43. The predicted molar refractivity (Wildman–Crippen MR) is 33.0 cm³/mol. The van der Waals surface area contributed by atoms with Crippen LogP contribution < -0.4 is 0 Å². The number of ether oxygens (including phenoxy) is 1. The molecule has 1 aliphatic heterocycles. The van der Waals surface area contributed by atoms with Crippen LogP contribution in [0.25, 0.3) is 0 Å². The zero-order valence-electron chi connectivity index (χ0n) is 5.58. The van der Waals surface area contributed by atoms with E-state index in [0.29, 0.717) is 12.0 Å². The van der Waals surface area contributed by atoms with Gasteiger partial charge in [-0.2, -0.15) is 0 Å². The van der Waals surface area contributed by atoms with E-state index in [9.17, 15) is 0 Å². The van der Waals surface area contributed by atoms with Crippen LogP contribution in [0, 0.1) is 11.8 Å². The first kappa shape index (κ1) is 5.69. The fourth-order valence-corrected chi connectivity index (χ4v) is 1.86. The van der Waals surface area contributed by atoms with E-state index < -0.39 is 0 Å². The second kappa shape index (κ2) is 1.70. The SMILES string of the molecule is CC1O[C@H](CO)[C@H]2CC12. The molecule has 1 saturated heterocycles. The molecule has 1 aliphatic carbocycles. The van der Waals surface area contributed by atoms with E-state index in [1.165, 1.54) is 6.42 Å². The van der Waals surface area contributed by atoms with Gasteiger partial charge in [0.2, 0.25) is 0 Å². The van der Waals surface area contributed by atoms with Crippen molar-refractivity contribution in [3.8, 4) is 0 Å². The summed E-state index contributed by atoms with van der Waals surface area (Å²) >= 11 is 0. The van der Waals surface area contributed by atoms with E-state index in [-0.39, 0.29) is 12.7 Å². The number of aliphatic hydroxyl groups is 1. The summed E-state index contributed by atoms with van der Waals surface area (Å²) in [6, 6.07) is 0. The van der Waals surface area contributed by atoms with Crippen molar-refractivity contribution in [3.63, 3.8) is 0 Å². The van der Waals surface area contributed by atoms with E-state index in [0.717, 1.165) is 5.92 Å². The lowest BCUT2D eigenvalue weighted by Gasteiger charge is -2.11. The van der Waals surface area contributed by atoms with Gasteiger partial charge in [0.15, 0.2) is 0 Å². The van der Waals surface area contributed by atoms with Gasteiger partial charge in [0.25, 0.3) is 0 Å². The summed E-state index contributed by atoms with van der Waals surface area (Å²) in [5.74, 6) is 1.48. The standard InChI is InChI=1S/C7H12O2/c1-4-5-2-6(5)7(3-8)9-4/h4-8H,2-3H2,1H3/t4?,5?,6-,7+/m0/s1. The van der Waals surface area contributed by atoms with Gasteiger partial charge >= 0.3 is 0 Å². The Bertz CT molecular complexity index is 124. The maximum absolute atomic E-state index is 8.76. The predicted octanol–water partition coefficient (Wildman–Crippen LogP) is 0.402. The van der Waals surface area contributed by atoms with Gasteiger partial charge in [0.1, 0.15) is 0 Å². The summed E-state index contributed by atoms with van der Waals surface area (Å²) in [6.07, 6.45) is 1.86. The Morgan fingerprint density at radius 2 is 2.33 bits per heavy atom. The van der Waals surface area contributed by atoms with Gasteiger partial charge in [-0.1, -0.05) is 0 Å². The largest absolute Gasteiger partial charge is 0.394 e. The molecule has 2 aliphatic rings. The van der Waals surface area contributed by atoms with Gasteiger partial charge in [0.05, 0.1) is 18.8 Å². The minimum atomic E-state index is 0.171. The van der Waals surface area contributed by atoms with Gasteiger partial charge in [-0.15, -0.1) is 0 Å². The molecule has 2 rings (SSSR count). The Morgan fingerprint density at radius 3 is 2.56 bits per heavy atom. The first-order valence-electron chi connectivity index (χ1n) is 3.59. The molecular weight excluding hydrogens is 116 g/mol. The molecule has 1 N–H and O–H groups in total. The molecule has 2 heteroatoms. The third kappa shape index (κ3) is 0.700. The third-order valence-corrected chi connectivity index (χ3v) is 2.54. The monoisotopic (exact) mass is 128 g/mol. The Hall–Kier alpha value is -0.0800. The molecule has 0 aromatic carbocycles. The summed E-state index contributed by atoms with van der Waals surface area (Å²) in [4.78, 5) is 0. The number of fused-ring (bicyclic) bond motifs is 1. The van der Waals surface area contributed by atoms with Crippen molar-refractivity contribution in [1.29, 1.82) is 0 Å². The summed E-state index contributed by atoms with van der Waals surface area (Å²) in [7, 11) is 0. The highest BCUT2D eigenvalue weighted by Gasteiger charge is 2.53. The smallest absolute Gasteiger partial charge is 0.0841 e. The van der Waals surface area contributed by atoms with Crippen LogP contribution >= 0.6 is 0 Å². The van der Waals surface area contributed by atoms with Crippen molar-refractivity contribution in [2.24, 2.45) is 11.8 Å². The quantitative estimate of drug-likeness (QED) is 0.554. The van der Waals surface area contributed by atoms with Crippen LogP contribution in [0.5, 0.6) is 0 Å². The van der Waals surface area contributed by atoms with Gasteiger partial charge in [-0.3, -0.25) is 0 Å². The van der Waals surface area contributed by atoms with Crippen molar-refractivity contribution in [2.45, 2.75) is 25.6 Å². The van der Waals surface area contributed by atoms with Gasteiger partial charge < -0.3 is 9.84 Å². The minimum Gasteiger partial charge on any atom is -0.394 e. The van der Waals surface area contributed by atoms with E-state index >= 15 is 0 Å². The average molecular weight is 128 g/mol. The Balaban J connectivity index is 2.00. The lowest BCUT2D eigenvalue weighted by atomic mass is 10.2. The highest BCUT2D eigenvalue weighted by atomic mass is 16.5. The number of hydrogen-bond donors (Lipinski definition) is 1. The van der Waals surface area contributed by atoms with Crippen LogP contribution in [0.4, 0.5) is 0 Å². The Labute approximate surface area is 54.8 Å². The van der Waals surface area contributed by atoms with E-state index in [1.54, 1.807) is 0 Å². The highest BCUT2D eigenvalue weighted by molar-refractivity contribution is 5.00. The maximum Gasteiger partial charge on any atom is 0.0841 e. The van der Waals surface area contributed by atoms with E-state index in [2.05, 4.69) is 6.92 Å². The summed E-state index contributed by atoms with van der Waals surface area (Å²) < 4.78 is 5.42. The van der Waals surface area contributed by atoms with Crippen molar-refractivity contribution in [2.75, 3.05) is 6.61 Å². The highest BCUT2D eigenvalue weighted by Crippen LogP contribution is 2.51. The van der Waals surface area contributed by atoms with Crippen LogP contribution in [0.3, 0.4) is 0 Å². The molecule has 9 heavy (non-hydrogen) atoms. The molecule has 1 saturated carbocycles. The van der Waals surface area contributed by atoms with Crippen LogP contribution in [-0.2, 0) is 4.74 Å². The summed E-state index contributed by atoms with van der Waals surface area (Å²) in [6.45, 7) is 2.31. The third-order valence-electron chi connectivity index (χ3n) is 2.54. The molecule has 4 atom stereocenters. The molecule has 2 nitrogen and oxygen atoms in total. The molecule has 0 aromatic rings. The fraction of sp³-hybridized carbons (Fsp3) is 1.00. The molecule has 0 spiro atoms. The molecular formula is C7H12O2. The maximum atomic E-state index is 8.76. The Kier molecular flexibility index (Phi) is 1.08. The van der Waals surface area contributed by atoms with Crippen LogP contribution in [-0.4, -0.2) is 23.9 Å². The first-order chi connectivity index (χ1) is 4.33. The van der Waals surface area contributed by atoms with Crippen LogP contribution in [0.1, 0.15) is 13.3 Å². The molecule has 0 aromatic heterocycles. The second-order valence-corrected chi connectivity index (χ2v) is 3.13. The lowest BCUT2D eigenvalue weighted by molar-refractivity contribution is -0.00680. The summed E-state index contributed by atoms with van der Waals surface area (Å²) in [5, 5.41) is 8.76. The normalized spacial score (nSPS) is 55.3. The van der Waals surface area contributed by atoms with Crippen molar-refractivity contribution >= 4 is 0 Å². The number of hydrogen-bond acceptors (Lipinski definition) is 2. The van der Waals surface area contributed by atoms with Gasteiger partial charge in [-0.05, 0) is 25.2 Å². The minimum absolute atomic E-state index is 0.171. The Morgan fingerprint density at radius 1 is 1.56 bits per heavy atom. The molecule has 52 valence electrons. The molecule has 0 bridgehead atoms. The van der Waals surface area contributed by atoms with Crippen molar-refractivity contribution in [1.82, 2.24) is 0 Å². The first-order valence-corrected chi connectivity index (χ1v) is 3.59. The van der Waals surface area contributed by atoms with Crippen LogP contribution in [0.15, 0.2) is 0 Å². The van der Waals surface area contributed by atoms with Gasteiger partial charge in [-0.25, -0.2) is 0 Å². The molecule has 0 radical (unpaired) electrons. The molecule has 2 unspecified atom stereocenters. The average Bonchev–Trinajstić information content (AvgIpc) is 2.56. The zero-order valence-corrected chi connectivity index (χ0v) is 5.58. The van der Waals surface area contributed by atoms with Gasteiger partial charge in [0, 0.05) is 0 Å². The van der Waals surface area contributed by atoms with Crippen molar-refractivity contribution in [3.05, 3.63) is 0 Å². The topological polar surface area (TPSA) is 29.5 Å². The van der Waals surface area contributed by atoms with E-state index in [1.807, 2.05) is 0 Å². The molecule has 2 fully saturated rings. The molecule has 1 heterocycles. The second-order valence-electron chi connectivity index (χ2n) is 3.13. The van der Waals surface area contributed by atoms with Crippen molar-refractivity contribution < 1.29 is 9.84 Å². The fourth-order valence-electron chi connectivity index (χ4n) is 1.86. The van der Waals surface area contributed by atoms with E-state index in [4.69, 9.17) is 9.84 Å².